The predicted octanol–water partition coefficient (Wildman–Crippen LogP) is 0.611. The maximum Gasteiger partial charge on any atom is 0.344 e. The molecular formula is C6H9N3O3. The van der Waals surface area contributed by atoms with Gasteiger partial charge in [-0.1, -0.05) is 0 Å². The highest BCUT2D eigenvalue weighted by atomic mass is 16.6. The molecule has 1 N–H and O–H groups in total. The molecule has 1 aromatic rings. The number of aromatic nitrogens is 2. The zero-order valence-corrected chi connectivity index (χ0v) is 6.76. The Hall–Kier alpha value is -1.43. The first-order valence-corrected chi connectivity index (χ1v) is 3.40. The molecule has 0 saturated heterocycles. The molecule has 1 heterocycles. The summed E-state index contributed by atoms with van der Waals surface area (Å²) in [6.45, 7) is 3.04. The highest BCUT2D eigenvalue weighted by Crippen LogP contribution is 2.17. The fraction of sp³-hybridized carbons (Fsp3) is 0.500. The minimum atomic E-state index is -0.923. The monoisotopic (exact) mass is 171 g/mol. The normalized spacial score (nSPS) is 12.9. The van der Waals surface area contributed by atoms with Crippen LogP contribution in [-0.4, -0.2) is 19.6 Å². The Bertz CT molecular complexity index is 305. The van der Waals surface area contributed by atoms with Crippen LogP contribution in [0.5, 0.6) is 0 Å². The van der Waals surface area contributed by atoms with Crippen molar-refractivity contribution < 1.29 is 10.0 Å². The summed E-state index contributed by atoms with van der Waals surface area (Å²) in [4.78, 5) is 13.5. The zero-order chi connectivity index (χ0) is 9.30. The molecule has 1 rings (SSSR count). The number of aliphatic hydroxyl groups excluding tert-OH is 1. The molecule has 0 amide bonds. The van der Waals surface area contributed by atoms with Crippen molar-refractivity contribution in [2.75, 3.05) is 0 Å². The highest BCUT2D eigenvalue weighted by molar-refractivity contribution is 5.19. The van der Waals surface area contributed by atoms with Gasteiger partial charge in [0, 0.05) is 13.8 Å². The number of hydrogen-bond acceptors (Lipinski definition) is 4. The van der Waals surface area contributed by atoms with Crippen molar-refractivity contribution in [2.24, 2.45) is 0 Å². The fourth-order valence-corrected chi connectivity index (χ4v) is 1.04. The number of nitrogens with zero attached hydrogens (tertiary/aromatic N) is 3. The van der Waals surface area contributed by atoms with Gasteiger partial charge in [-0.2, -0.15) is 4.57 Å². The van der Waals surface area contributed by atoms with E-state index in [9.17, 15) is 10.1 Å². The lowest BCUT2D eigenvalue weighted by atomic mass is 10.5. The minimum absolute atomic E-state index is 0.192. The number of rotatable bonds is 2. The average molecular weight is 171 g/mol. The van der Waals surface area contributed by atoms with Crippen molar-refractivity contribution in [1.82, 2.24) is 9.55 Å². The molecule has 1 unspecified atom stereocenters. The third kappa shape index (κ3) is 1.28. The predicted molar refractivity (Wildman–Crippen MR) is 40.5 cm³/mol. The first-order chi connectivity index (χ1) is 5.54. The third-order valence-electron chi connectivity index (χ3n) is 1.52. The van der Waals surface area contributed by atoms with Crippen LogP contribution in [0.3, 0.4) is 0 Å². The van der Waals surface area contributed by atoms with Gasteiger partial charge in [0.1, 0.15) is 6.20 Å². The van der Waals surface area contributed by atoms with E-state index >= 15 is 0 Å². The number of nitro groups is 1. The Labute approximate surface area is 68.6 Å². The van der Waals surface area contributed by atoms with Gasteiger partial charge in [0.15, 0.2) is 12.1 Å². The Kier molecular flexibility index (Phi) is 2.09. The fourth-order valence-electron chi connectivity index (χ4n) is 1.04. The van der Waals surface area contributed by atoms with E-state index in [1.165, 1.54) is 6.92 Å². The lowest BCUT2D eigenvalue weighted by Gasteiger charge is -2.03. The molecule has 66 valence electrons. The topological polar surface area (TPSA) is 81.2 Å². The van der Waals surface area contributed by atoms with Crippen LogP contribution >= 0.6 is 0 Å². The molecule has 0 spiro atoms. The Morgan fingerprint density at radius 3 is 2.75 bits per heavy atom. The molecule has 0 aliphatic heterocycles. The maximum absolute atomic E-state index is 10.4. The van der Waals surface area contributed by atoms with Gasteiger partial charge in [-0.15, -0.1) is 0 Å². The van der Waals surface area contributed by atoms with Crippen molar-refractivity contribution in [3.63, 3.8) is 0 Å². The van der Waals surface area contributed by atoms with Crippen LogP contribution in [0.15, 0.2) is 6.20 Å². The summed E-state index contributed by atoms with van der Waals surface area (Å²) in [6, 6.07) is 0. The summed E-state index contributed by atoms with van der Waals surface area (Å²) >= 11 is 0. The Morgan fingerprint density at radius 2 is 2.42 bits per heavy atom. The summed E-state index contributed by atoms with van der Waals surface area (Å²) < 4.78 is 1.15. The van der Waals surface area contributed by atoms with Gasteiger partial charge in [-0.3, -0.25) is 0 Å². The van der Waals surface area contributed by atoms with E-state index in [0.717, 1.165) is 10.8 Å². The molecule has 0 bridgehead atoms. The summed E-state index contributed by atoms with van der Waals surface area (Å²) in [5.74, 6) is 0.235. The van der Waals surface area contributed by atoms with Crippen molar-refractivity contribution in [2.45, 2.75) is 20.1 Å². The van der Waals surface area contributed by atoms with E-state index in [2.05, 4.69) is 4.98 Å². The van der Waals surface area contributed by atoms with Crippen LogP contribution < -0.4 is 0 Å². The van der Waals surface area contributed by atoms with Gasteiger partial charge in [0.25, 0.3) is 0 Å². The molecular weight excluding hydrogens is 162 g/mol. The summed E-state index contributed by atoms with van der Waals surface area (Å²) in [7, 11) is 0. The first-order valence-electron chi connectivity index (χ1n) is 3.40. The van der Waals surface area contributed by atoms with Crippen LogP contribution in [0.4, 0.5) is 5.82 Å². The maximum atomic E-state index is 10.4. The van der Waals surface area contributed by atoms with Crippen LogP contribution in [0.1, 0.15) is 19.0 Å². The number of aliphatic hydroxyl groups is 1. The zero-order valence-electron chi connectivity index (χ0n) is 6.76. The molecule has 0 fully saturated rings. The Morgan fingerprint density at radius 1 is 1.83 bits per heavy atom. The van der Waals surface area contributed by atoms with E-state index in [0.29, 0.717) is 5.82 Å². The first kappa shape index (κ1) is 8.66. The van der Waals surface area contributed by atoms with Gasteiger partial charge in [-0.05, 0) is 4.92 Å². The van der Waals surface area contributed by atoms with Gasteiger partial charge >= 0.3 is 5.82 Å². The molecule has 0 aliphatic rings. The number of imidazole rings is 1. The average Bonchev–Trinajstić information content (AvgIpc) is 2.30. The second-order valence-electron chi connectivity index (χ2n) is 2.42. The van der Waals surface area contributed by atoms with Crippen molar-refractivity contribution >= 4 is 5.82 Å². The molecule has 0 saturated carbocycles. The smallest absolute Gasteiger partial charge is 0.344 e. The van der Waals surface area contributed by atoms with Crippen LogP contribution in [0.25, 0.3) is 0 Å². The van der Waals surface area contributed by atoms with Gasteiger partial charge in [-0.25, -0.2) is 4.98 Å². The van der Waals surface area contributed by atoms with Crippen LogP contribution in [-0.2, 0) is 0 Å². The molecule has 1 atom stereocenters. The van der Waals surface area contributed by atoms with Crippen molar-refractivity contribution in [3.05, 3.63) is 22.1 Å². The molecule has 0 aromatic carbocycles. The minimum Gasteiger partial charge on any atom is -0.358 e. The van der Waals surface area contributed by atoms with E-state index in [1.807, 2.05) is 0 Å². The second-order valence-corrected chi connectivity index (χ2v) is 2.42. The highest BCUT2D eigenvalue weighted by Gasteiger charge is 2.20. The third-order valence-corrected chi connectivity index (χ3v) is 1.52. The molecule has 6 nitrogen and oxygen atoms in total. The van der Waals surface area contributed by atoms with E-state index < -0.39 is 11.2 Å². The second kappa shape index (κ2) is 2.90. The largest absolute Gasteiger partial charge is 0.358 e. The van der Waals surface area contributed by atoms with Gasteiger partial charge in [0.2, 0.25) is 0 Å². The molecule has 1 aromatic heterocycles. The summed E-state index contributed by atoms with van der Waals surface area (Å²) in [5, 5.41) is 19.5. The molecule has 0 aliphatic carbocycles. The van der Waals surface area contributed by atoms with Gasteiger partial charge in [0.05, 0.1) is 0 Å². The lowest BCUT2D eigenvalue weighted by molar-refractivity contribution is -0.393. The van der Waals surface area contributed by atoms with Crippen molar-refractivity contribution in [3.8, 4) is 0 Å². The van der Waals surface area contributed by atoms with Crippen molar-refractivity contribution in [1.29, 1.82) is 0 Å². The summed E-state index contributed by atoms with van der Waals surface area (Å²) in [5.41, 5.74) is 0. The standard InChI is InChI=1S/C6H9N3O3/c1-4-7-3-6(9(11)12)8(4)5(2)10/h3,5,10H,1-2H3. The van der Waals surface area contributed by atoms with Crippen LogP contribution in [0, 0.1) is 17.0 Å². The molecule has 12 heavy (non-hydrogen) atoms. The summed E-state index contributed by atoms with van der Waals surface area (Å²) in [6.07, 6.45) is 0.204. The number of aryl methyl sites for hydroxylation is 1. The number of hydrogen-bond donors (Lipinski definition) is 1. The Balaban J connectivity index is 3.21. The lowest BCUT2D eigenvalue weighted by Crippen LogP contribution is -2.09. The van der Waals surface area contributed by atoms with E-state index in [4.69, 9.17) is 5.11 Å². The van der Waals surface area contributed by atoms with Gasteiger partial charge < -0.3 is 15.2 Å². The molecule has 0 radical (unpaired) electrons. The van der Waals surface area contributed by atoms with E-state index in [-0.39, 0.29) is 5.82 Å². The molecule has 6 heteroatoms. The quantitative estimate of drug-likeness (QED) is 0.522. The van der Waals surface area contributed by atoms with E-state index in [1.54, 1.807) is 6.92 Å². The SMILES string of the molecule is Cc1ncc([N+](=O)[O-])n1C(C)O. The van der Waals surface area contributed by atoms with Crippen LogP contribution in [0.2, 0.25) is 0 Å².